The van der Waals surface area contributed by atoms with Crippen LogP contribution in [0.3, 0.4) is 0 Å². The average molecular weight is 381 g/mol. The summed E-state index contributed by atoms with van der Waals surface area (Å²) >= 11 is 1.43. The zero-order valence-corrected chi connectivity index (χ0v) is 16.7. The first kappa shape index (κ1) is 19.2. The van der Waals surface area contributed by atoms with Gasteiger partial charge in [0, 0.05) is 17.9 Å². The van der Waals surface area contributed by atoms with Crippen LogP contribution in [0.2, 0.25) is 0 Å². The van der Waals surface area contributed by atoms with E-state index in [0.717, 1.165) is 28.9 Å². The Morgan fingerprint density at radius 3 is 2.07 bits per heavy atom. The lowest BCUT2D eigenvalue weighted by Crippen LogP contribution is -2.27. The Labute approximate surface area is 164 Å². The zero-order valence-electron chi connectivity index (χ0n) is 15.9. The van der Waals surface area contributed by atoms with E-state index in [2.05, 4.69) is 28.6 Å². The fourth-order valence-electron chi connectivity index (χ4n) is 2.83. The van der Waals surface area contributed by atoms with Crippen LogP contribution in [-0.2, 0) is 11.3 Å². The number of benzene rings is 2. The molecule has 0 saturated carbocycles. The molecule has 0 aliphatic carbocycles. The third kappa shape index (κ3) is 4.77. The van der Waals surface area contributed by atoms with Gasteiger partial charge in [0.05, 0.1) is 5.75 Å². The lowest BCUT2D eigenvalue weighted by molar-refractivity contribution is -0.115. The molecule has 0 unspecified atom stereocenters. The van der Waals surface area contributed by atoms with Gasteiger partial charge < -0.3 is 4.57 Å². The number of hydrogen-bond acceptors (Lipinski definition) is 4. The minimum absolute atomic E-state index is 0.00847. The van der Waals surface area contributed by atoms with E-state index in [1.165, 1.54) is 11.8 Å². The van der Waals surface area contributed by atoms with Crippen molar-refractivity contribution in [2.75, 3.05) is 10.7 Å². The Morgan fingerprint density at radius 1 is 1.00 bits per heavy atom. The molecule has 0 fully saturated rings. The van der Waals surface area contributed by atoms with Gasteiger partial charge in [-0.2, -0.15) is 0 Å². The average Bonchev–Trinajstić information content (AvgIpc) is 3.01. The molecular formula is C21H24N4OS. The second-order valence-corrected chi connectivity index (χ2v) is 7.67. The van der Waals surface area contributed by atoms with E-state index < -0.39 is 0 Å². The van der Waals surface area contributed by atoms with Crippen molar-refractivity contribution in [3.63, 3.8) is 0 Å². The van der Waals surface area contributed by atoms with Crippen LogP contribution in [0.15, 0.2) is 65.8 Å². The van der Waals surface area contributed by atoms with Gasteiger partial charge in [-0.15, -0.1) is 10.2 Å². The normalized spacial score (nSPS) is 11.0. The molecular weight excluding hydrogens is 356 g/mol. The van der Waals surface area contributed by atoms with Gasteiger partial charge in [0.2, 0.25) is 5.91 Å². The fraction of sp³-hybridized carbons (Fsp3) is 0.286. The number of aryl methyl sites for hydroxylation is 1. The molecule has 1 amide bonds. The van der Waals surface area contributed by atoms with Gasteiger partial charge in [-0.3, -0.25) is 9.69 Å². The Morgan fingerprint density at radius 2 is 1.56 bits per heavy atom. The standard InChI is InChI=1S/C21H24N4OS/c1-16(2)14-24-17(3)22-23-21(24)27-15-20(26)25(18-10-6-4-7-11-18)19-12-8-5-9-13-19/h4-13,16H,14-15H2,1-3H3. The van der Waals surface area contributed by atoms with Crippen molar-refractivity contribution < 1.29 is 4.79 Å². The smallest absolute Gasteiger partial charge is 0.242 e. The van der Waals surface area contributed by atoms with Gasteiger partial charge in [0.1, 0.15) is 5.82 Å². The quantitative estimate of drug-likeness (QED) is 0.558. The van der Waals surface area contributed by atoms with E-state index >= 15 is 0 Å². The maximum atomic E-state index is 13.1. The van der Waals surface area contributed by atoms with Crippen LogP contribution >= 0.6 is 11.8 Å². The number of para-hydroxylation sites is 2. The highest BCUT2D eigenvalue weighted by Gasteiger charge is 2.20. The number of thioether (sulfide) groups is 1. The summed E-state index contributed by atoms with van der Waals surface area (Å²) in [5.41, 5.74) is 1.71. The van der Waals surface area contributed by atoms with E-state index in [0.29, 0.717) is 11.7 Å². The summed E-state index contributed by atoms with van der Waals surface area (Å²) in [6.45, 7) is 7.11. The second-order valence-electron chi connectivity index (χ2n) is 6.72. The maximum absolute atomic E-state index is 13.1. The molecule has 0 N–H and O–H groups in total. The van der Waals surface area contributed by atoms with Crippen molar-refractivity contribution >= 4 is 29.0 Å². The van der Waals surface area contributed by atoms with E-state index in [1.807, 2.05) is 67.6 Å². The molecule has 0 aliphatic rings. The third-order valence-electron chi connectivity index (χ3n) is 4.05. The molecule has 6 heteroatoms. The van der Waals surface area contributed by atoms with Crippen LogP contribution in [0, 0.1) is 12.8 Å². The van der Waals surface area contributed by atoms with Gasteiger partial charge in [-0.1, -0.05) is 62.0 Å². The minimum atomic E-state index is 0.00847. The molecule has 1 aromatic heterocycles. The van der Waals surface area contributed by atoms with Crippen LogP contribution in [0.1, 0.15) is 19.7 Å². The third-order valence-corrected chi connectivity index (χ3v) is 5.00. The first-order chi connectivity index (χ1) is 13.1. The Kier molecular flexibility index (Phi) is 6.29. The van der Waals surface area contributed by atoms with Crippen LogP contribution in [0.4, 0.5) is 11.4 Å². The van der Waals surface area contributed by atoms with Crippen LogP contribution < -0.4 is 4.90 Å². The molecule has 0 saturated heterocycles. The number of anilines is 2. The molecule has 3 aromatic rings. The van der Waals surface area contributed by atoms with E-state index in [9.17, 15) is 4.79 Å². The highest BCUT2D eigenvalue weighted by atomic mass is 32.2. The number of carbonyl (C=O) groups is 1. The van der Waals surface area contributed by atoms with Crippen molar-refractivity contribution in [2.24, 2.45) is 5.92 Å². The van der Waals surface area contributed by atoms with Gasteiger partial charge in [0.25, 0.3) is 0 Å². The number of carbonyl (C=O) groups excluding carboxylic acids is 1. The molecule has 5 nitrogen and oxygen atoms in total. The summed E-state index contributed by atoms with van der Waals surface area (Å²) in [7, 11) is 0. The Hall–Kier alpha value is -2.60. The van der Waals surface area contributed by atoms with E-state index in [1.54, 1.807) is 4.90 Å². The molecule has 0 radical (unpaired) electrons. The molecule has 0 bridgehead atoms. The number of rotatable bonds is 7. The largest absolute Gasteiger partial charge is 0.306 e. The van der Waals surface area contributed by atoms with Crippen molar-refractivity contribution in [1.29, 1.82) is 0 Å². The fourth-order valence-corrected chi connectivity index (χ4v) is 3.67. The van der Waals surface area contributed by atoms with Crippen LogP contribution in [0.25, 0.3) is 0 Å². The van der Waals surface area contributed by atoms with Crippen molar-refractivity contribution in [3.8, 4) is 0 Å². The predicted molar refractivity (Wildman–Crippen MR) is 110 cm³/mol. The second kappa shape index (κ2) is 8.86. The monoisotopic (exact) mass is 380 g/mol. The van der Waals surface area contributed by atoms with Gasteiger partial charge in [-0.05, 0) is 37.1 Å². The van der Waals surface area contributed by atoms with Gasteiger partial charge >= 0.3 is 0 Å². The van der Waals surface area contributed by atoms with Crippen molar-refractivity contribution in [3.05, 3.63) is 66.5 Å². The molecule has 0 aliphatic heterocycles. The molecule has 2 aromatic carbocycles. The first-order valence-corrected chi connectivity index (χ1v) is 10.0. The lowest BCUT2D eigenvalue weighted by Gasteiger charge is -2.23. The maximum Gasteiger partial charge on any atom is 0.242 e. The highest BCUT2D eigenvalue weighted by Crippen LogP contribution is 2.27. The molecule has 27 heavy (non-hydrogen) atoms. The molecule has 3 rings (SSSR count). The first-order valence-electron chi connectivity index (χ1n) is 9.02. The zero-order chi connectivity index (χ0) is 19.2. The van der Waals surface area contributed by atoms with Crippen LogP contribution in [0.5, 0.6) is 0 Å². The Balaban J connectivity index is 1.80. The summed E-state index contributed by atoms with van der Waals surface area (Å²) in [5.74, 6) is 1.66. The number of amides is 1. The number of nitrogens with zero attached hydrogens (tertiary/aromatic N) is 4. The Bertz CT molecular complexity index is 838. The van der Waals surface area contributed by atoms with E-state index in [4.69, 9.17) is 0 Å². The predicted octanol–water partition coefficient (Wildman–Crippen LogP) is 4.70. The number of hydrogen-bond donors (Lipinski definition) is 0. The topological polar surface area (TPSA) is 51.0 Å². The summed E-state index contributed by atoms with van der Waals surface area (Å²) in [6, 6.07) is 19.4. The summed E-state index contributed by atoms with van der Waals surface area (Å²) < 4.78 is 2.08. The van der Waals surface area contributed by atoms with Gasteiger partial charge in [0.15, 0.2) is 5.16 Å². The minimum Gasteiger partial charge on any atom is -0.306 e. The summed E-state index contributed by atoms with van der Waals surface area (Å²) in [4.78, 5) is 14.9. The molecule has 140 valence electrons. The summed E-state index contributed by atoms with van der Waals surface area (Å²) in [6.07, 6.45) is 0. The molecule has 0 atom stereocenters. The number of aromatic nitrogens is 3. The van der Waals surface area contributed by atoms with E-state index in [-0.39, 0.29) is 5.91 Å². The molecule has 1 heterocycles. The SMILES string of the molecule is Cc1nnc(SCC(=O)N(c2ccccc2)c2ccccc2)n1CC(C)C. The highest BCUT2D eigenvalue weighted by molar-refractivity contribution is 7.99. The lowest BCUT2D eigenvalue weighted by atomic mass is 10.2. The summed E-state index contributed by atoms with van der Waals surface area (Å²) in [5, 5.41) is 9.21. The molecule has 0 spiro atoms. The van der Waals surface area contributed by atoms with Crippen molar-refractivity contribution in [2.45, 2.75) is 32.5 Å². The van der Waals surface area contributed by atoms with Crippen molar-refractivity contribution in [1.82, 2.24) is 14.8 Å². The van der Waals surface area contributed by atoms with Crippen LogP contribution in [-0.4, -0.2) is 26.4 Å². The van der Waals surface area contributed by atoms with Gasteiger partial charge in [-0.25, -0.2) is 0 Å².